The van der Waals surface area contributed by atoms with Crippen LogP contribution < -0.4 is 14.8 Å². The van der Waals surface area contributed by atoms with Crippen molar-refractivity contribution in [2.45, 2.75) is 17.0 Å². The largest absolute Gasteiger partial charge is 0.488 e. The maximum Gasteiger partial charge on any atom is 0.276 e. The predicted molar refractivity (Wildman–Crippen MR) is 109 cm³/mol. The lowest BCUT2D eigenvalue weighted by Gasteiger charge is -2.21. The Labute approximate surface area is 181 Å². The number of carbonyl (C=O) groups excluding carboxylic acids is 1. The number of pyridine rings is 1. The molecule has 1 aliphatic rings. The molecule has 12 heteroatoms. The van der Waals surface area contributed by atoms with Crippen molar-refractivity contribution in [3.05, 3.63) is 71.8 Å². The van der Waals surface area contributed by atoms with Crippen LogP contribution >= 0.6 is 0 Å². The molecule has 1 aliphatic heterocycles. The van der Waals surface area contributed by atoms with Crippen molar-refractivity contribution in [2.24, 2.45) is 7.05 Å². The third kappa shape index (κ3) is 4.07. The van der Waals surface area contributed by atoms with Crippen molar-refractivity contribution in [3.63, 3.8) is 0 Å². The lowest BCUT2D eigenvalue weighted by Crippen LogP contribution is -2.41. The Balaban J connectivity index is 1.64. The molecule has 2 unspecified atom stereocenters. The van der Waals surface area contributed by atoms with E-state index in [0.717, 1.165) is 18.2 Å². The fourth-order valence-corrected chi connectivity index (χ4v) is 4.76. The first kappa shape index (κ1) is 21.9. The molecule has 3 heterocycles. The molecule has 0 radical (unpaired) electrons. The maximum absolute atomic E-state index is 13.5. The van der Waals surface area contributed by atoms with E-state index >= 15 is 0 Å². The molecule has 0 spiro atoms. The number of sulfonamides is 1. The summed E-state index contributed by atoms with van der Waals surface area (Å²) >= 11 is 0. The lowest BCUT2D eigenvalue weighted by molar-refractivity contribution is 0.0996. The van der Waals surface area contributed by atoms with Gasteiger partial charge in [0.2, 0.25) is 10.0 Å². The number of aliphatic hydroxyl groups is 1. The van der Waals surface area contributed by atoms with Crippen molar-refractivity contribution in [2.75, 3.05) is 11.9 Å². The smallest absolute Gasteiger partial charge is 0.276 e. The van der Waals surface area contributed by atoms with E-state index in [4.69, 9.17) is 4.74 Å². The molecule has 3 N–H and O–H groups in total. The van der Waals surface area contributed by atoms with Gasteiger partial charge < -0.3 is 19.7 Å². The number of aromatic nitrogens is 2. The number of nitrogens with one attached hydrogen (secondary N) is 2. The van der Waals surface area contributed by atoms with Crippen molar-refractivity contribution in [1.29, 1.82) is 0 Å². The maximum atomic E-state index is 13.5. The topological polar surface area (TPSA) is 123 Å². The predicted octanol–water partition coefficient (Wildman–Crippen LogP) is 1.72. The van der Waals surface area contributed by atoms with Gasteiger partial charge in [0.15, 0.2) is 23.1 Å². The molecule has 0 saturated heterocycles. The molecule has 9 nitrogen and oxygen atoms in total. The van der Waals surface area contributed by atoms with Crippen LogP contribution in [0.4, 0.5) is 14.5 Å². The summed E-state index contributed by atoms with van der Waals surface area (Å²) in [6.45, 7) is -0.280. The Morgan fingerprint density at radius 3 is 2.81 bits per heavy atom. The van der Waals surface area contributed by atoms with E-state index in [1.54, 1.807) is 12.1 Å². The summed E-state index contributed by atoms with van der Waals surface area (Å²) in [5.74, 6) is -3.24. The normalized spacial score (nSPS) is 18.2. The van der Waals surface area contributed by atoms with Gasteiger partial charge in [0, 0.05) is 43.0 Å². The second kappa shape index (κ2) is 8.30. The molecule has 2 atom stereocenters. The summed E-state index contributed by atoms with van der Waals surface area (Å²) < 4.78 is 61.7. The third-order valence-electron chi connectivity index (χ3n) is 4.91. The quantitative estimate of drug-likeness (QED) is 0.541. The minimum absolute atomic E-state index is 0.0247. The molecule has 0 bridgehead atoms. The van der Waals surface area contributed by atoms with Crippen molar-refractivity contribution >= 4 is 21.6 Å². The number of halogens is 2. The third-order valence-corrected chi connectivity index (χ3v) is 6.39. The van der Waals surface area contributed by atoms with Gasteiger partial charge in [-0.05, 0) is 18.2 Å². The summed E-state index contributed by atoms with van der Waals surface area (Å²) in [4.78, 5) is 16.4. The van der Waals surface area contributed by atoms with Gasteiger partial charge in [-0.1, -0.05) is 6.07 Å². The van der Waals surface area contributed by atoms with Crippen LogP contribution in [0.25, 0.3) is 0 Å². The lowest BCUT2D eigenvalue weighted by atomic mass is 10.1. The van der Waals surface area contributed by atoms with E-state index < -0.39 is 39.7 Å². The van der Waals surface area contributed by atoms with Crippen LogP contribution in [0.2, 0.25) is 0 Å². The molecule has 4 rings (SSSR count). The molecule has 1 amide bonds. The van der Waals surface area contributed by atoms with E-state index in [1.807, 2.05) is 0 Å². The van der Waals surface area contributed by atoms with Crippen LogP contribution in [0.1, 0.15) is 22.2 Å². The second-order valence-corrected chi connectivity index (χ2v) is 8.82. The molecule has 168 valence electrons. The van der Waals surface area contributed by atoms with Crippen molar-refractivity contribution in [1.82, 2.24) is 14.3 Å². The summed E-state index contributed by atoms with van der Waals surface area (Å²) in [7, 11) is -2.73. The number of amides is 1. The Hall–Kier alpha value is -3.35. The second-order valence-electron chi connectivity index (χ2n) is 7.13. The molecule has 1 aromatic carbocycles. The van der Waals surface area contributed by atoms with Gasteiger partial charge in [0.1, 0.15) is 17.6 Å². The molecular weight excluding hydrogens is 446 g/mol. The van der Waals surface area contributed by atoms with Crippen LogP contribution in [0.3, 0.4) is 0 Å². The number of ether oxygens (including phenoxy) is 1. The Morgan fingerprint density at radius 1 is 1.34 bits per heavy atom. The number of carbonyl (C=O) groups is 1. The summed E-state index contributed by atoms with van der Waals surface area (Å²) in [6.07, 6.45) is 2.85. The van der Waals surface area contributed by atoms with E-state index in [1.165, 1.54) is 30.2 Å². The highest BCUT2D eigenvalue weighted by atomic mass is 32.2. The van der Waals surface area contributed by atoms with Gasteiger partial charge in [-0.25, -0.2) is 21.9 Å². The van der Waals surface area contributed by atoms with E-state index in [2.05, 4.69) is 15.0 Å². The average Bonchev–Trinajstić information content (AvgIpc) is 3.04. The molecule has 2 aromatic heterocycles. The standard InChI is InChI=1S/C20H18F2N4O5S/c1-26-9-16-19(17(26)20(28)24-12-4-5-13(21)14(22)7-12)31-10-15(25-32(16,29)30)18(27)11-3-2-6-23-8-11/h2-9,15,18,25,27H,10H2,1H3,(H,24,28). The molecule has 32 heavy (non-hydrogen) atoms. The van der Waals surface area contributed by atoms with Crippen LogP contribution in [-0.4, -0.2) is 41.6 Å². The Morgan fingerprint density at radius 2 is 2.12 bits per heavy atom. The molecule has 3 aromatic rings. The van der Waals surface area contributed by atoms with Gasteiger partial charge in [-0.3, -0.25) is 9.78 Å². The van der Waals surface area contributed by atoms with Gasteiger partial charge in [-0.2, -0.15) is 0 Å². The number of aryl methyl sites for hydroxylation is 1. The fraction of sp³-hybridized carbons (Fsp3) is 0.200. The van der Waals surface area contributed by atoms with Gasteiger partial charge in [-0.15, -0.1) is 0 Å². The Bertz CT molecular complexity index is 1280. The van der Waals surface area contributed by atoms with E-state index in [-0.39, 0.29) is 28.6 Å². The van der Waals surface area contributed by atoms with Crippen molar-refractivity contribution < 1.29 is 31.8 Å². The number of rotatable bonds is 4. The highest BCUT2D eigenvalue weighted by molar-refractivity contribution is 7.89. The van der Waals surface area contributed by atoms with Gasteiger partial charge >= 0.3 is 0 Å². The number of anilines is 1. The van der Waals surface area contributed by atoms with Crippen LogP contribution in [0, 0.1) is 11.6 Å². The highest BCUT2D eigenvalue weighted by Crippen LogP contribution is 2.34. The zero-order chi connectivity index (χ0) is 23.0. The Kier molecular flexibility index (Phi) is 5.67. The van der Waals surface area contributed by atoms with Crippen molar-refractivity contribution in [3.8, 4) is 5.75 Å². The van der Waals surface area contributed by atoms with Crippen LogP contribution in [-0.2, 0) is 17.1 Å². The van der Waals surface area contributed by atoms with Gasteiger partial charge in [0.25, 0.3) is 5.91 Å². The molecule has 0 saturated carbocycles. The van der Waals surface area contributed by atoms with E-state index in [0.29, 0.717) is 5.56 Å². The monoisotopic (exact) mass is 464 g/mol. The molecular formula is C20H18F2N4O5S. The SMILES string of the molecule is Cn1cc2c(c1C(=O)Nc1ccc(F)c(F)c1)OCC(C(O)c1cccnc1)NS2(=O)=O. The first-order valence-corrected chi connectivity index (χ1v) is 10.8. The summed E-state index contributed by atoms with van der Waals surface area (Å²) in [5.41, 5.74) is 0.210. The number of nitrogens with zero attached hydrogens (tertiary/aromatic N) is 2. The van der Waals surface area contributed by atoms with Gasteiger partial charge in [0.05, 0.1) is 6.04 Å². The number of benzene rings is 1. The highest BCUT2D eigenvalue weighted by Gasteiger charge is 2.37. The first-order valence-electron chi connectivity index (χ1n) is 9.36. The number of aliphatic hydroxyl groups excluding tert-OH is 1. The minimum Gasteiger partial charge on any atom is -0.488 e. The number of fused-ring (bicyclic) bond motifs is 1. The first-order chi connectivity index (χ1) is 15.2. The minimum atomic E-state index is -4.17. The van der Waals surface area contributed by atoms with E-state index in [9.17, 15) is 27.1 Å². The molecule has 0 fully saturated rings. The average molecular weight is 464 g/mol. The summed E-state index contributed by atoms with van der Waals surface area (Å²) in [5, 5.41) is 13.0. The summed E-state index contributed by atoms with van der Waals surface area (Å²) in [6, 6.07) is 4.95. The molecule has 0 aliphatic carbocycles. The number of hydrogen-bond donors (Lipinski definition) is 3. The number of hydrogen-bond acceptors (Lipinski definition) is 6. The zero-order valence-corrected chi connectivity index (χ0v) is 17.4. The fourth-order valence-electron chi connectivity index (χ4n) is 3.34. The zero-order valence-electron chi connectivity index (χ0n) is 16.6. The van der Waals surface area contributed by atoms with Crippen LogP contribution in [0.15, 0.2) is 53.8 Å². The van der Waals surface area contributed by atoms with Crippen LogP contribution in [0.5, 0.6) is 5.75 Å².